The third kappa shape index (κ3) is 5.48. The first-order valence-electron chi connectivity index (χ1n) is 10.5. The van der Waals surface area contributed by atoms with Crippen LogP contribution in [-0.2, 0) is 25.9 Å². The zero-order valence-corrected chi connectivity index (χ0v) is 18.7. The van der Waals surface area contributed by atoms with Crippen molar-refractivity contribution in [2.45, 2.75) is 76.7 Å². The van der Waals surface area contributed by atoms with E-state index in [0.717, 1.165) is 37.6 Å². The predicted molar refractivity (Wildman–Crippen MR) is 113 cm³/mol. The molecular formula is C21H34N2O5S. The maximum Gasteiger partial charge on any atom is 0.254 e. The van der Waals surface area contributed by atoms with Crippen LogP contribution in [-0.4, -0.2) is 51.2 Å². The summed E-state index contributed by atoms with van der Waals surface area (Å²) in [7, 11) is -1.63. The number of rotatable bonds is 7. The van der Waals surface area contributed by atoms with E-state index in [1.54, 1.807) is 18.6 Å². The second-order valence-electron chi connectivity index (χ2n) is 8.60. The van der Waals surface area contributed by atoms with Crippen LogP contribution in [0.25, 0.3) is 0 Å². The van der Waals surface area contributed by atoms with Gasteiger partial charge in [0.1, 0.15) is 0 Å². The molecule has 0 amide bonds. The summed E-state index contributed by atoms with van der Waals surface area (Å²) in [5, 5.41) is 0. The molecular weight excluding hydrogens is 392 g/mol. The van der Waals surface area contributed by atoms with Crippen molar-refractivity contribution in [3.05, 3.63) is 33.7 Å². The summed E-state index contributed by atoms with van der Waals surface area (Å²) >= 11 is 0. The number of nitrogens with zero attached hydrogens (tertiary/aromatic N) is 1. The molecule has 1 N–H and O–H groups in total. The van der Waals surface area contributed by atoms with Crippen LogP contribution in [0.15, 0.2) is 16.9 Å². The van der Waals surface area contributed by atoms with Gasteiger partial charge < -0.3 is 14.0 Å². The van der Waals surface area contributed by atoms with E-state index in [4.69, 9.17) is 9.47 Å². The summed E-state index contributed by atoms with van der Waals surface area (Å²) in [5.74, 6) is 0.556. The van der Waals surface area contributed by atoms with Crippen LogP contribution in [0.3, 0.4) is 0 Å². The highest BCUT2D eigenvalue weighted by Gasteiger charge is 2.34. The Balaban J connectivity index is 1.74. The molecule has 2 heterocycles. The molecule has 0 saturated heterocycles. The van der Waals surface area contributed by atoms with Crippen LogP contribution in [0.1, 0.15) is 56.3 Å². The van der Waals surface area contributed by atoms with Crippen molar-refractivity contribution >= 4 is 10.0 Å². The molecule has 29 heavy (non-hydrogen) atoms. The number of aromatic nitrogens is 1. The van der Waals surface area contributed by atoms with E-state index in [1.165, 1.54) is 0 Å². The molecule has 0 aromatic carbocycles. The summed E-state index contributed by atoms with van der Waals surface area (Å²) in [4.78, 5) is 12.9. The number of aryl methyl sites for hydroxylation is 2. The number of hydrogen-bond donors (Lipinski definition) is 1. The third-order valence-corrected chi connectivity index (χ3v) is 7.25. The molecule has 1 aromatic heterocycles. The molecule has 0 spiro atoms. The minimum absolute atomic E-state index is 0.0614. The largest absolute Gasteiger partial charge is 0.381 e. The Bertz CT molecular complexity index is 858. The lowest BCUT2D eigenvalue weighted by molar-refractivity contribution is -0.0266. The highest BCUT2D eigenvalue weighted by Crippen LogP contribution is 2.31. The van der Waals surface area contributed by atoms with Gasteiger partial charge in [0.2, 0.25) is 10.0 Å². The first kappa shape index (κ1) is 22.5. The van der Waals surface area contributed by atoms with Gasteiger partial charge in [0.05, 0.1) is 31.1 Å². The van der Waals surface area contributed by atoms with Crippen molar-refractivity contribution in [2.75, 3.05) is 20.0 Å². The SMILES string of the molecule is COC(C)C1CCC(OCC2C(NS(C)(=O)=O)CCc3ccc(C)c(=O)n32)CC1. The third-order valence-electron chi connectivity index (χ3n) is 6.52. The van der Waals surface area contributed by atoms with Gasteiger partial charge in [-0.2, -0.15) is 0 Å². The minimum atomic E-state index is -3.38. The quantitative estimate of drug-likeness (QED) is 0.722. The second-order valence-corrected chi connectivity index (χ2v) is 10.4. The highest BCUT2D eigenvalue weighted by atomic mass is 32.2. The standard InChI is InChI=1S/C21H34N2O5S/c1-14-5-8-17-9-12-19(22-29(4,25)26)20(23(17)21(14)24)13-28-18-10-6-16(7-11-18)15(2)27-3/h5,8,15-16,18-20,22H,6-7,9-13H2,1-4H3. The van der Waals surface area contributed by atoms with Gasteiger partial charge in [0.15, 0.2) is 0 Å². The molecule has 1 aliphatic heterocycles. The molecule has 1 aliphatic carbocycles. The van der Waals surface area contributed by atoms with E-state index in [0.29, 0.717) is 30.9 Å². The molecule has 7 nitrogen and oxygen atoms in total. The monoisotopic (exact) mass is 426 g/mol. The number of ether oxygens (including phenoxy) is 2. The van der Waals surface area contributed by atoms with Crippen molar-refractivity contribution in [3.8, 4) is 0 Å². The summed E-state index contributed by atoms with van der Waals surface area (Å²) in [6, 6.07) is 3.13. The van der Waals surface area contributed by atoms with Gasteiger partial charge in [-0.05, 0) is 64.4 Å². The molecule has 1 saturated carbocycles. The Labute approximate surface area is 173 Å². The molecule has 1 fully saturated rings. The molecule has 0 radical (unpaired) electrons. The van der Waals surface area contributed by atoms with Gasteiger partial charge in [-0.1, -0.05) is 6.07 Å². The maximum atomic E-state index is 12.9. The van der Waals surface area contributed by atoms with Crippen molar-refractivity contribution in [3.63, 3.8) is 0 Å². The first-order chi connectivity index (χ1) is 13.7. The zero-order chi connectivity index (χ0) is 21.2. The van der Waals surface area contributed by atoms with Gasteiger partial charge >= 0.3 is 0 Å². The van der Waals surface area contributed by atoms with E-state index >= 15 is 0 Å². The molecule has 8 heteroatoms. The van der Waals surface area contributed by atoms with E-state index in [9.17, 15) is 13.2 Å². The average molecular weight is 427 g/mol. The molecule has 3 rings (SSSR count). The van der Waals surface area contributed by atoms with E-state index in [-0.39, 0.29) is 29.9 Å². The lowest BCUT2D eigenvalue weighted by Gasteiger charge is -2.37. The molecule has 2 aliphatic rings. The first-order valence-corrected chi connectivity index (χ1v) is 12.4. The van der Waals surface area contributed by atoms with Crippen LogP contribution in [0.4, 0.5) is 0 Å². The van der Waals surface area contributed by atoms with Crippen molar-refractivity contribution in [1.29, 1.82) is 0 Å². The molecule has 1 aromatic rings. The van der Waals surface area contributed by atoms with Crippen LogP contribution in [0.2, 0.25) is 0 Å². The van der Waals surface area contributed by atoms with Gasteiger partial charge in [-0.25, -0.2) is 13.1 Å². The highest BCUT2D eigenvalue weighted by molar-refractivity contribution is 7.88. The Morgan fingerprint density at radius 1 is 1.21 bits per heavy atom. The number of fused-ring (bicyclic) bond motifs is 1. The van der Waals surface area contributed by atoms with Crippen LogP contribution in [0.5, 0.6) is 0 Å². The summed E-state index contributed by atoms with van der Waals surface area (Å²) in [5.41, 5.74) is 1.54. The van der Waals surface area contributed by atoms with Gasteiger partial charge in [-0.15, -0.1) is 0 Å². The van der Waals surface area contributed by atoms with Crippen LogP contribution >= 0.6 is 0 Å². The van der Waals surface area contributed by atoms with Crippen LogP contribution < -0.4 is 10.3 Å². The zero-order valence-electron chi connectivity index (χ0n) is 17.9. The summed E-state index contributed by atoms with van der Waals surface area (Å²) in [6.45, 7) is 4.24. The van der Waals surface area contributed by atoms with Gasteiger partial charge in [-0.3, -0.25) is 4.79 Å². The summed E-state index contributed by atoms with van der Waals surface area (Å²) < 4.78 is 40.0. The summed E-state index contributed by atoms with van der Waals surface area (Å²) in [6.07, 6.45) is 6.93. The molecule has 3 unspecified atom stereocenters. The number of pyridine rings is 1. The van der Waals surface area contributed by atoms with Crippen molar-refractivity contribution in [2.24, 2.45) is 5.92 Å². The second kappa shape index (κ2) is 9.29. The molecule has 164 valence electrons. The topological polar surface area (TPSA) is 86.6 Å². The number of hydrogen-bond acceptors (Lipinski definition) is 5. The number of sulfonamides is 1. The van der Waals surface area contributed by atoms with E-state index in [1.807, 2.05) is 12.1 Å². The predicted octanol–water partition coefficient (Wildman–Crippen LogP) is 2.17. The fraction of sp³-hybridized carbons (Fsp3) is 0.762. The maximum absolute atomic E-state index is 12.9. The fourth-order valence-corrected chi connectivity index (χ4v) is 5.52. The van der Waals surface area contributed by atoms with Crippen molar-refractivity contribution < 1.29 is 17.9 Å². The lowest BCUT2D eigenvalue weighted by atomic mass is 9.84. The molecule has 0 bridgehead atoms. The Morgan fingerprint density at radius 2 is 1.90 bits per heavy atom. The Kier molecular flexibility index (Phi) is 7.19. The Morgan fingerprint density at radius 3 is 2.52 bits per heavy atom. The average Bonchev–Trinajstić information content (AvgIpc) is 2.68. The minimum Gasteiger partial charge on any atom is -0.381 e. The number of nitrogens with one attached hydrogen (secondary N) is 1. The Hall–Kier alpha value is -1.22. The van der Waals surface area contributed by atoms with Gasteiger partial charge in [0.25, 0.3) is 5.56 Å². The molecule has 3 atom stereocenters. The number of methoxy groups -OCH3 is 1. The van der Waals surface area contributed by atoms with Gasteiger partial charge in [0, 0.05) is 24.4 Å². The van der Waals surface area contributed by atoms with Crippen molar-refractivity contribution in [1.82, 2.24) is 9.29 Å². The lowest BCUT2D eigenvalue weighted by Crippen LogP contribution is -2.49. The van der Waals surface area contributed by atoms with E-state index in [2.05, 4.69) is 11.6 Å². The van der Waals surface area contributed by atoms with Crippen LogP contribution in [0, 0.1) is 12.8 Å². The normalized spacial score (nSPS) is 28.7. The fourth-order valence-electron chi connectivity index (χ4n) is 4.69. The smallest absolute Gasteiger partial charge is 0.254 e. The van der Waals surface area contributed by atoms with E-state index < -0.39 is 10.0 Å².